The lowest BCUT2D eigenvalue weighted by atomic mass is 9.93. The van der Waals surface area contributed by atoms with Gasteiger partial charge in [-0.05, 0) is 60.2 Å². The van der Waals surface area contributed by atoms with E-state index in [2.05, 4.69) is 33.4 Å². The minimum Gasteiger partial charge on any atom is -0.381 e. The highest BCUT2D eigenvalue weighted by molar-refractivity contribution is 9.11. The van der Waals surface area contributed by atoms with E-state index < -0.39 is 0 Å². The van der Waals surface area contributed by atoms with Gasteiger partial charge in [-0.2, -0.15) is 0 Å². The first-order valence-corrected chi connectivity index (χ1v) is 7.89. The molecule has 0 radical (unpaired) electrons. The lowest BCUT2D eigenvalue weighted by molar-refractivity contribution is 0.0590. The molecule has 0 aromatic carbocycles. The molecular weight excluding hydrogens is 298 g/mol. The zero-order valence-corrected chi connectivity index (χ0v) is 12.6. The third-order valence-electron chi connectivity index (χ3n) is 3.39. The van der Waals surface area contributed by atoms with Gasteiger partial charge in [0, 0.05) is 24.6 Å². The van der Waals surface area contributed by atoms with Crippen LogP contribution in [0.2, 0.25) is 0 Å². The summed E-state index contributed by atoms with van der Waals surface area (Å²) in [5, 5.41) is 3.65. The van der Waals surface area contributed by atoms with E-state index in [1.807, 2.05) is 18.4 Å². The van der Waals surface area contributed by atoms with E-state index in [0.717, 1.165) is 13.0 Å². The van der Waals surface area contributed by atoms with Crippen molar-refractivity contribution in [3.05, 3.63) is 20.8 Å². The highest BCUT2D eigenvalue weighted by Gasteiger charge is 2.20. The van der Waals surface area contributed by atoms with Crippen LogP contribution in [0.15, 0.2) is 15.9 Å². The standard InChI is InChI=1S/C13H20BrNOS/c1-16-11-4-2-3-10(9-11)15-8-7-12-5-6-13(14)17-12/h5-6,10-11,15H,2-4,7-9H2,1H3. The third kappa shape index (κ3) is 4.36. The van der Waals surface area contributed by atoms with Crippen molar-refractivity contribution in [1.29, 1.82) is 0 Å². The first kappa shape index (κ1) is 13.5. The van der Waals surface area contributed by atoms with Crippen LogP contribution in [0.1, 0.15) is 30.6 Å². The molecule has 4 heteroatoms. The molecule has 1 saturated carbocycles. The average molecular weight is 318 g/mol. The van der Waals surface area contributed by atoms with E-state index in [9.17, 15) is 0 Å². The normalized spacial score (nSPS) is 25.1. The van der Waals surface area contributed by atoms with Crippen molar-refractivity contribution in [3.63, 3.8) is 0 Å². The first-order valence-electron chi connectivity index (χ1n) is 6.28. The lowest BCUT2D eigenvalue weighted by Gasteiger charge is -2.28. The fourth-order valence-corrected chi connectivity index (χ4v) is 3.91. The largest absolute Gasteiger partial charge is 0.381 e. The Morgan fingerprint density at radius 1 is 1.47 bits per heavy atom. The van der Waals surface area contributed by atoms with Crippen LogP contribution in [0.25, 0.3) is 0 Å². The van der Waals surface area contributed by atoms with E-state index in [4.69, 9.17) is 4.74 Å². The van der Waals surface area contributed by atoms with E-state index in [1.54, 1.807) is 0 Å². The Kier molecular flexibility index (Phi) is 5.48. The molecule has 0 bridgehead atoms. The zero-order valence-electron chi connectivity index (χ0n) is 10.2. The maximum Gasteiger partial charge on any atom is 0.0701 e. The number of hydrogen-bond donors (Lipinski definition) is 1. The summed E-state index contributed by atoms with van der Waals surface area (Å²) in [6.07, 6.45) is 6.59. The third-order valence-corrected chi connectivity index (χ3v) is 5.08. The second-order valence-electron chi connectivity index (χ2n) is 4.63. The topological polar surface area (TPSA) is 21.3 Å². The van der Waals surface area contributed by atoms with E-state index in [-0.39, 0.29) is 0 Å². The highest BCUT2D eigenvalue weighted by Crippen LogP contribution is 2.23. The van der Waals surface area contributed by atoms with Gasteiger partial charge >= 0.3 is 0 Å². The summed E-state index contributed by atoms with van der Waals surface area (Å²) >= 11 is 5.33. The van der Waals surface area contributed by atoms with Gasteiger partial charge in [0.1, 0.15) is 0 Å². The van der Waals surface area contributed by atoms with E-state index >= 15 is 0 Å². The second kappa shape index (κ2) is 6.88. The molecule has 1 fully saturated rings. The van der Waals surface area contributed by atoms with Crippen LogP contribution in [-0.2, 0) is 11.2 Å². The molecule has 1 aliphatic rings. The van der Waals surface area contributed by atoms with Crippen LogP contribution in [-0.4, -0.2) is 25.8 Å². The number of methoxy groups -OCH3 is 1. The summed E-state index contributed by atoms with van der Waals surface area (Å²) in [6.45, 7) is 1.08. The smallest absolute Gasteiger partial charge is 0.0701 e. The summed E-state index contributed by atoms with van der Waals surface area (Å²) in [5.41, 5.74) is 0. The number of thiophene rings is 1. The highest BCUT2D eigenvalue weighted by atomic mass is 79.9. The summed E-state index contributed by atoms with van der Waals surface area (Å²) < 4.78 is 6.67. The van der Waals surface area contributed by atoms with Crippen molar-refractivity contribution >= 4 is 27.3 Å². The van der Waals surface area contributed by atoms with Gasteiger partial charge in [-0.1, -0.05) is 0 Å². The molecular formula is C13H20BrNOS. The monoisotopic (exact) mass is 317 g/mol. The summed E-state index contributed by atoms with van der Waals surface area (Å²) in [6, 6.07) is 4.98. The molecule has 0 saturated heterocycles. The molecule has 1 N–H and O–H groups in total. The Labute approximate surface area is 116 Å². The van der Waals surface area contributed by atoms with Gasteiger partial charge in [-0.3, -0.25) is 0 Å². The molecule has 1 aromatic rings. The molecule has 1 aromatic heterocycles. The van der Waals surface area contributed by atoms with E-state index in [1.165, 1.54) is 34.3 Å². The minimum atomic E-state index is 0.470. The molecule has 1 aliphatic carbocycles. The van der Waals surface area contributed by atoms with Crippen LogP contribution in [0, 0.1) is 0 Å². The van der Waals surface area contributed by atoms with Crippen LogP contribution in [0.3, 0.4) is 0 Å². The van der Waals surface area contributed by atoms with Gasteiger partial charge in [0.2, 0.25) is 0 Å². The maximum atomic E-state index is 5.45. The van der Waals surface area contributed by atoms with E-state index in [0.29, 0.717) is 12.1 Å². The number of ether oxygens (including phenoxy) is 1. The fraction of sp³-hybridized carbons (Fsp3) is 0.692. The first-order chi connectivity index (χ1) is 8.28. The summed E-state index contributed by atoms with van der Waals surface area (Å²) in [5.74, 6) is 0. The quantitative estimate of drug-likeness (QED) is 0.896. The van der Waals surface area contributed by atoms with Crippen molar-refractivity contribution < 1.29 is 4.74 Å². The predicted octanol–water partition coefficient (Wildman–Crippen LogP) is 3.60. The van der Waals surface area contributed by atoms with Crippen molar-refractivity contribution in [3.8, 4) is 0 Å². The Balaban J connectivity index is 1.68. The van der Waals surface area contributed by atoms with Crippen molar-refractivity contribution in [1.82, 2.24) is 5.32 Å². The molecule has 0 amide bonds. The Hall–Kier alpha value is 0.1000. The van der Waals surface area contributed by atoms with Crippen molar-refractivity contribution in [2.24, 2.45) is 0 Å². The number of rotatable bonds is 5. The Bertz CT molecular complexity index is 342. The number of hydrogen-bond acceptors (Lipinski definition) is 3. The lowest BCUT2D eigenvalue weighted by Crippen LogP contribution is -2.37. The van der Waals surface area contributed by atoms with Crippen LogP contribution in [0.4, 0.5) is 0 Å². The molecule has 17 heavy (non-hydrogen) atoms. The predicted molar refractivity (Wildman–Crippen MR) is 76.8 cm³/mol. The summed E-state index contributed by atoms with van der Waals surface area (Å²) in [7, 11) is 1.83. The molecule has 2 unspecified atom stereocenters. The molecule has 2 rings (SSSR count). The average Bonchev–Trinajstić information content (AvgIpc) is 2.75. The number of halogens is 1. The molecule has 0 aliphatic heterocycles. The molecule has 96 valence electrons. The van der Waals surface area contributed by atoms with Crippen LogP contribution < -0.4 is 5.32 Å². The molecule has 1 heterocycles. The molecule has 2 nitrogen and oxygen atoms in total. The Morgan fingerprint density at radius 2 is 2.35 bits per heavy atom. The SMILES string of the molecule is COC1CCCC(NCCc2ccc(Br)s2)C1. The second-order valence-corrected chi connectivity index (χ2v) is 7.18. The minimum absolute atomic E-state index is 0.470. The number of nitrogens with one attached hydrogen (secondary N) is 1. The fourth-order valence-electron chi connectivity index (χ4n) is 2.43. The zero-order chi connectivity index (χ0) is 12.1. The Morgan fingerprint density at radius 3 is 3.06 bits per heavy atom. The van der Waals surface area contributed by atoms with Gasteiger partial charge in [0.25, 0.3) is 0 Å². The van der Waals surface area contributed by atoms with Crippen LogP contribution in [0.5, 0.6) is 0 Å². The molecule has 2 atom stereocenters. The van der Waals surface area contributed by atoms with Gasteiger partial charge < -0.3 is 10.1 Å². The van der Waals surface area contributed by atoms with Gasteiger partial charge in [-0.25, -0.2) is 0 Å². The van der Waals surface area contributed by atoms with Crippen LogP contribution >= 0.6 is 27.3 Å². The molecule has 0 spiro atoms. The van der Waals surface area contributed by atoms with Crippen molar-refractivity contribution in [2.75, 3.05) is 13.7 Å². The van der Waals surface area contributed by atoms with Gasteiger partial charge in [0.05, 0.1) is 9.89 Å². The maximum absolute atomic E-state index is 5.45. The van der Waals surface area contributed by atoms with Gasteiger partial charge in [-0.15, -0.1) is 11.3 Å². The van der Waals surface area contributed by atoms with Gasteiger partial charge in [0.15, 0.2) is 0 Å². The summed E-state index contributed by atoms with van der Waals surface area (Å²) in [4.78, 5) is 1.45. The van der Waals surface area contributed by atoms with Crippen molar-refractivity contribution in [2.45, 2.75) is 44.2 Å².